The van der Waals surface area contributed by atoms with Crippen LogP contribution in [-0.4, -0.2) is 80.7 Å². The third-order valence-corrected chi connectivity index (χ3v) is 6.84. The van der Waals surface area contributed by atoms with Crippen molar-refractivity contribution in [3.05, 3.63) is 42.5 Å². The van der Waals surface area contributed by atoms with Gasteiger partial charge in [0.15, 0.2) is 11.5 Å². The van der Waals surface area contributed by atoms with Crippen LogP contribution in [0.4, 0.5) is 26.8 Å². The molecule has 3 N–H and O–H groups in total. The van der Waals surface area contributed by atoms with Crippen molar-refractivity contribution in [3.8, 4) is 23.2 Å². The minimum absolute atomic E-state index is 0.0313. The Morgan fingerprint density at radius 3 is 2.48 bits per heavy atom. The van der Waals surface area contributed by atoms with Gasteiger partial charge in [0.05, 0.1) is 33.0 Å². The maximum absolute atomic E-state index is 14.1. The molecule has 0 atom stereocenters. The van der Waals surface area contributed by atoms with Gasteiger partial charge in [0, 0.05) is 35.8 Å². The number of nitrogens with one attached hydrogen (secondary N) is 2. The number of carbonyl (C=O) groups excluding carboxylic acids is 1. The number of rotatable bonds is 8. The summed E-state index contributed by atoms with van der Waals surface area (Å²) in [6.07, 6.45) is 8.17. The van der Waals surface area contributed by atoms with Gasteiger partial charge in [-0.25, -0.2) is 29.1 Å². The van der Waals surface area contributed by atoms with Crippen molar-refractivity contribution in [2.75, 3.05) is 42.3 Å². The quantitative estimate of drug-likeness (QED) is 0.376. The molecule has 0 unspecified atom stereocenters. The third kappa shape index (κ3) is 6.15. The van der Waals surface area contributed by atoms with E-state index in [0.717, 1.165) is 24.0 Å². The molecule has 0 radical (unpaired) electrons. The zero-order valence-electron chi connectivity index (χ0n) is 21.7. The molecule has 5 rings (SSSR count). The van der Waals surface area contributed by atoms with E-state index in [1.807, 2.05) is 6.07 Å². The SMILES string of the molecule is COc1ncc(-c2ccc(NC(=O)O[C@H]3CC[C@H](Nc4ncc(C#N)c(N5CC(F)(CO)C5)n4)CC3)nc2)cn1. The highest BCUT2D eigenvalue weighted by Gasteiger charge is 2.44. The minimum Gasteiger partial charge on any atom is -0.467 e. The van der Waals surface area contributed by atoms with Crippen molar-refractivity contribution in [1.29, 1.82) is 5.26 Å². The number of nitriles is 1. The lowest BCUT2D eigenvalue weighted by Crippen LogP contribution is -2.61. The van der Waals surface area contributed by atoms with Gasteiger partial charge in [-0.2, -0.15) is 10.2 Å². The van der Waals surface area contributed by atoms with Crippen LogP contribution in [-0.2, 0) is 4.74 Å². The van der Waals surface area contributed by atoms with Crippen molar-refractivity contribution >= 4 is 23.7 Å². The Labute approximate surface area is 229 Å². The number of aromatic nitrogens is 5. The molecule has 208 valence electrons. The van der Waals surface area contributed by atoms with Crippen molar-refractivity contribution in [3.63, 3.8) is 0 Å². The Balaban J connectivity index is 1.09. The van der Waals surface area contributed by atoms with Crippen molar-refractivity contribution < 1.29 is 23.8 Å². The number of pyridine rings is 1. The van der Waals surface area contributed by atoms with Crippen molar-refractivity contribution in [2.24, 2.45) is 0 Å². The first kappa shape index (κ1) is 26.9. The summed E-state index contributed by atoms with van der Waals surface area (Å²) in [5.41, 5.74) is 0.116. The summed E-state index contributed by atoms with van der Waals surface area (Å²) >= 11 is 0. The minimum atomic E-state index is -1.68. The van der Waals surface area contributed by atoms with E-state index in [4.69, 9.17) is 14.6 Å². The number of methoxy groups -OCH3 is 1. The smallest absolute Gasteiger partial charge is 0.413 e. The normalized spacial score (nSPS) is 19.6. The summed E-state index contributed by atoms with van der Waals surface area (Å²) in [6.45, 7) is -0.638. The lowest BCUT2D eigenvalue weighted by Gasteiger charge is -2.44. The summed E-state index contributed by atoms with van der Waals surface area (Å²) in [5, 5.41) is 24.5. The van der Waals surface area contributed by atoms with Gasteiger partial charge in [0.25, 0.3) is 0 Å². The highest BCUT2D eigenvalue weighted by Crippen LogP contribution is 2.32. The van der Waals surface area contributed by atoms with Crippen LogP contribution in [0.3, 0.4) is 0 Å². The summed E-state index contributed by atoms with van der Waals surface area (Å²) in [7, 11) is 1.49. The number of alkyl halides is 1. The van der Waals surface area contributed by atoms with Gasteiger partial charge in [0.1, 0.15) is 23.6 Å². The average Bonchev–Trinajstić information content (AvgIpc) is 2.97. The van der Waals surface area contributed by atoms with Crippen LogP contribution in [0, 0.1) is 11.3 Å². The molecule has 1 saturated carbocycles. The van der Waals surface area contributed by atoms with Crippen molar-refractivity contribution in [2.45, 2.75) is 43.5 Å². The maximum atomic E-state index is 14.1. The molecule has 2 aliphatic rings. The van der Waals surface area contributed by atoms with E-state index >= 15 is 0 Å². The molecule has 4 heterocycles. The number of halogens is 1. The Morgan fingerprint density at radius 1 is 1.12 bits per heavy atom. The van der Waals surface area contributed by atoms with Crippen LogP contribution < -0.4 is 20.3 Å². The first-order valence-corrected chi connectivity index (χ1v) is 12.8. The predicted octanol–water partition coefficient (Wildman–Crippen LogP) is 2.70. The molecule has 0 spiro atoms. The highest BCUT2D eigenvalue weighted by molar-refractivity contribution is 5.83. The first-order valence-electron chi connectivity index (χ1n) is 12.8. The molecular formula is C26H28FN9O4. The van der Waals surface area contributed by atoms with E-state index in [1.54, 1.807) is 35.6 Å². The molecule has 3 aromatic heterocycles. The fraction of sp³-hybridized carbons (Fsp3) is 0.423. The van der Waals surface area contributed by atoms with Gasteiger partial charge in [0.2, 0.25) is 5.95 Å². The second-order valence-electron chi connectivity index (χ2n) is 9.75. The second-order valence-corrected chi connectivity index (χ2v) is 9.75. The van der Waals surface area contributed by atoms with Crippen LogP contribution in [0.1, 0.15) is 31.2 Å². The van der Waals surface area contributed by atoms with Gasteiger partial charge in [-0.05, 0) is 37.8 Å². The molecule has 1 aliphatic heterocycles. The Bertz CT molecular complexity index is 1370. The van der Waals surface area contributed by atoms with Gasteiger partial charge in [-0.15, -0.1) is 0 Å². The number of ether oxygens (including phenoxy) is 2. The first-order chi connectivity index (χ1) is 19.4. The van der Waals surface area contributed by atoms with Crippen LogP contribution in [0.5, 0.6) is 6.01 Å². The second kappa shape index (κ2) is 11.6. The van der Waals surface area contributed by atoms with Gasteiger partial charge in [-0.1, -0.05) is 0 Å². The molecule has 2 fully saturated rings. The third-order valence-electron chi connectivity index (χ3n) is 6.84. The molecule has 3 aromatic rings. The number of nitrogens with zero attached hydrogens (tertiary/aromatic N) is 7. The fourth-order valence-electron chi connectivity index (χ4n) is 4.65. The fourth-order valence-corrected chi connectivity index (χ4v) is 4.65. The van der Waals surface area contributed by atoms with Gasteiger partial charge >= 0.3 is 12.1 Å². The lowest BCUT2D eigenvalue weighted by atomic mass is 9.93. The molecule has 0 aromatic carbocycles. The molecule has 1 aliphatic carbocycles. The summed E-state index contributed by atoms with van der Waals surface area (Å²) in [4.78, 5) is 35.1. The largest absolute Gasteiger partial charge is 0.467 e. The number of amides is 1. The number of anilines is 3. The van der Waals surface area contributed by atoms with Crippen LogP contribution in [0.15, 0.2) is 36.9 Å². The van der Waals surface area contributed by atoms with E-state index in [2.05, 4.69) is 35.6 Å². The number of hydrogen-bond donors (Lipinski definition) is 3. The van der Waals surface area contributed by atoms with E-state index in [1.165, 1.54) is 13.3 Å². The summed E-state index contributed by atoms with van der Waals surface area (Å²) < 4.78 is 24.7. The van der Waals surface area contributed by atoms with Crippen molar-refractivity contribution in [1.82, 2.24) is 24.9 Å². The monoisotopic (exact) mass is 549 g/mol. The zero-order valence-corrected chi connectivity index (χ0v) is 21.7. The van der Waals surface area contributed by atoms with E-state index in [0.29, 0.717) is 30.4 Å². The number of hydrogen-bond acceptors (Lipinski definition) is 12. The molecule has 0 bridgehead atoms. The number of aliphatic hydroxyl groups is 1. The van der Waals surface area contributed by atoms with Crippen LogP contribution >= 0.6 is 0 Å². The Hall–Kier alpha value is -4.64. The number of aliphatic hydroxyl groups excluding tert-OH is 1. The molecule has 40 heavy (non-hydrogen) atoms. The maximum Gasteiger partial charge on any atom is 0.413 e. The summed E-state index contributed by atoms with van der Waals surface area (Å²) in [5.74, 6) is 1.04. The van der Waals surface area contributed by atoms with E-state index in [9.17, 15) is 14.4 Å². The Kier molecular flexibility index (Phi) is 7.83. The average molecular weight is 550 g/mol. The standard InChI is InChI=1S/C26H28FN9O4/c1-39-24-31-11-18(12-32-24)16-2-7-21(29-9-16)34-25(38)40-20-5-3-19(4-6-20)33-23-30-10-17(8-28)22(35-23)36-13-26(27,14-36)15-37/h2,7,9-12,19-20,37H,3-6,13-15H2,1H3,(H,29,34,38)(H,30,33,35)/t19-,20-. The lowest BCUT2D eigenvalue weighted by molar-refractivity contribution is 0.0440. The van der Waals surface area contributed by atoms with Crippen LogP contribution in [0.2, 0.25) is 0 Å². The van der Waals surface area contributed by atoms with Gasteiger partial charge in [-0.3, -0.25) is 5.32 Å². The topological polar surface area (TPSA) is 171 Å². The molecular weight excluding hydrogens is 521 g/mol. The molecule has 1 saturated heterocycles. The van der Waals surface area contributed by atoms with Gasteiger partial charge < -0.3 is 24.8 Å². The Morgan fingerprint density at radius 2 is 1.85 bits per heavy atom. The molecule has 13 nitrogen and oxygen atoms in total. The number of carbonyl (C=O) groups is 1. The zero-order chi connectivity index (χ0) is 28.1. The molecule has 14 heteroatoms. The summed E-state index contributed by atoms with van der Waals surface area (Å²) in [6, 6.07) is 5.82. The predicted molar refractivity (Wildman–Crippen MR) is 141 cm³/mol. The van der Waals surface area contributed by atoms with E-state index in [-0.39, 0.29) is 36.8 Å². The van der Waals surface area contributed by atoms with Crippen LogP contribution in [0.25, 0.3) is 11.1 Å². The highest BCUT2D eigenvalue weighted by atomic mass is 19.1. The molecule has 1 amide bonds. The van der Waals surface area contributed by atoms with E-state index < -0.39 is 18.4 Å².